The normalized spacial score (nSPS) is 22.6. The van der Waals surface area contributed by atoms with E-state index in [-0.39, 0.29) is 6.04 Å². The molecule has 0 aliphatic heterocycles. The Morgan fingerprint density at radius 3 is 2.78 bits per heavy atom. The van der Waals surface area contributed by atoms with Crippen LogP contribution >= 0.6 is 0 Å². The molecule has 2 aliphatic carbocycles. The lowest BCUT2D eigenvalue weighted by atomic mass is 9.91. The van der Waals surface area contributed by atoms with Gasteiger partial charge in [0.05, 0.1) is 11.3 Å². The molecular formula is C16H20N4O2S. The topological polar surface area (TPSA) is 77.7 Å². The van der Waals surface area contributed by atoms with Crippen LogP contribution in [0.4, 0.5) is 0 Å². The van der Waals surface area contributed by atoms with E-state index in [4.69, 9.17) is 0 Å². The molecule has 0 radical (unpaired) electrons. The van der Waals surface area contributed by atoms with Crippen molar-refractivity contribution in [2.75, 3.05) is 0 Å². The number of hydrogen-bond acceptors (Lipinski definition) is 5. The molecule has 0 unspecified atom stereocenters. The first kappa shape index (κ1) is 14.8. The molecule has 0 saturated heterocycles. The van der Waals surface area contributed by atoms with Crippen LogP contribution in [0.3, 0.4) is 0 Å². The van der Waals surface area contributed by atoms with Crippen LogP contribution in [0.5, 0.6) is 0 Å². The highest BCUT2D eigenvalue weighted by molar-refractivity contribution is 7.91. The van der Waals surface area contributed by atoms with Gasteiger partial charge in [-0.25, -0.2) is 13.1 Å². The van der Waals surface area contributed by atoms with E-state index in [0.29, 0.717) is 12.2 Å². The van der Waals surface area contributed by atoms with Gasteiger partial charge < -0.3 is 0 Å². The second-order valence-electron chi connectivity index (χ2n) is 6.52. The second-order valence-corrected chi connectivity index (χ2v) is 8.98. The van der Waals surface area contributed by atoms with Crippen LogP contribution in [0, 0.1) is 0 Å². The van der Waals surface area contributed by atoms with Crippen LogP contribution in [0.25, 0.3) is 0 Å². The molecule has 1 aromatic heterocycles. The Bertz CT molecular complexity index is 826. The Morgan fingerprint density at radius 2 is 2.00 bits per heavy atom. The third kappa shape index (κ3) is 2.47. The average molecular weight is 332 g/mol. The zero-order valence-corrected chi connectivity index (χ0v) is 13.9. The third-order valence-corrected chi connectivity index (χ3v) is 7.46. The van der Waals surface area contributed by atoms with Crippen LogP contribution < -0.4 is 0 Å². The van der Waals surface area contributed by atoms with Crippen molar-refractivity contribution in [3.8, 4) is 0 Å². The van der Waals surface area contributed by atoms with Crippen molar-refractivity contribution in [1.82, 2.24) is 20.2 Å². The van der Waals surface area contributed by atoms with Crippen LogP contribution in [0.1, 0.15) is 66.1 Å². The van der Waals surface area contributed by atoms with Crippen LogP contribution in [0.2, 0.25) is 0 Å². The Hall–Kier alpha value is -1.76. The van der Waals surface area contributed by atoms with E-state index in [0.717, 1.165) is 36.8 Å². The van der Waals surface area contributed by atoms with Gasteiger partial charge in [0.2, 0.25) is 0 Å². The first-order valence-electron chi connectivity index (χ1n) is 8.17. The number of nitrogens with zero attached hydrogens (tertiary/aromatic N) is 4. The van der Waals surface area contributed by atoms with Gasteiger partial charge in [0.1, 0.15) is 5.25 Å². The summed E-state index contributed by atoms with van der Waals surface area (Å²) in [6.07, 6.45) is 4.58. The second kappa shape index (κ2) is 5.40. The highest BCUT2D eigenvalue weighted by Crippen LogP contribution is 2.42. The van der Waals surface area contributed by atoms with Gasteiger partial charge in [-0.2, -0.15) is 0 Å². The third-order valence-electron chi connectivity index (χ3n) is 4.98. The first-order valence-corrected chi connectivity index (χ1v) is 9.78. The maximum atomic E-state index is 13.2. The summed E-state index contributed by atoms with van der Waals surface area (Å²) in [4.78, 5) is 0. The number of sulfone groups is 1. The summed E-state index contributed by atoms with van der Waals surface area (Å²) in [6.45, 7) is 1.72. The minimum absolute atomic E-state index is 0.274. The van der Waals surface area contributed by atoms with Crippen LogP contribution in [0.15, 0.2) is 24.3 Å². The number of tetrazole rings is 1. The van der Waals surface area contributed by atoms with Crippen LogP contribution in [-0.2, 0) is 16.3 Å². The van der Waals surface area contributed by atoms with E-state index in [1.165, 1.54) is 0 Å². The van der Waals surface area contributed by atoms with Crippen molar-refractivity contribution < 1.29 is 8.42 Å². The predicted molar refractivity (Wildman–Crippen MR) is 85.5 cm³/mol. The minimum atomic E-state index is -3.39. The van der Waals surface area contributed by atoms with Gasteiger partial charge in [-0.15, -0.1) is 5.10 Å². The standard InChI is InChI=1S/C16H20N4O2S/c1-11(16-17-18-19-20(16)13-9-10-13)23(21,22)15-8-4-6-12-5-2-3-7-14(12)15/h2-3,5,7,11,13,15H,4,6,8-10H2,1H3/t11-,15-/m1/s1. The zero-order valence-electron chi connectivity index (χ0n) is 13.1. The fourth-order valence-corrected chi connectivity index (χ4v) is 5.51. The fraction of sp³-hybridized carbons (Fsp3) is 0.562. The molecule has 0 spiro atoms. The summed E-state index contributed by atoms with van der Waals surface area (Å²) in [5, 5.41) is 10.6. The van der Waals surface area contributed by atoms with Gasteiger partial charge in [0.15, 0.2) is 15.7 Å². The Balaban J connectivity index is 1.72. The van der Waals surface area contributed by atoms with Gasteiger partial charge in [-0.05, 0) is 60.6 Å². The lowest BCUT2D eigenvalue weighted by Crippen LogP contribution is -2.25. The number of hydrogen-bond donors (Lipinski definition) is 0. The van der Waals surface area contributed by atoms with Gasteiger partial charge in [0.25, 0.3) is 0 Å². The molecule has 0 N–H and O–H groups in total. The van der Waals surface area contributed by atoms with Crippen molar-refractivity contribution in [1.29, 1.82) is 0 Å². The van der Waals surface area contributed by atoms with Gasteiger partial charge in [0, 0.05) is 0 Å². The molecular weight excluding hydrogens is 312 g/mol. The number of aryl methyl sites for hydroxylation is 1. The van der Waals surface area contributed by atoms with Gasteiger partial charge in [-0.3, -0.25) is 0 Å². The Kier molecular flexibility index (Phi) is 3.48. The van der Waals surface area contributed by atoms with E-state index in [1.807, 2.05) is 24.3 Å². The maximum Gasteiger partial charge on any atom is 0.169 e. The number of rotatable bonds is 4. The van der Waals surface area contributed by atoms with E-state index < -0.39 is 20.3 Å². The summed E-state index contributed by atoms with van der Waals surface area (Å²) in [7, 11) is -3.39. The molecule has 4 rings (SSSR count). The highest BCUT2D eigenvalue weighted by atomic mass is 32.2. The number of benzene rings is 1. The molecule has 122 valence electrons. The SMILES string of the molecule is C[C@H](c1nnnn1C1CC1)S(=O)(=O)[C@@H]1CCCc2ccccc21. The van der Waals surface area contributed by atoms with Crippen LogP contribution in [-0.4, -0.2) is 28.6 Å². The Morgan fingerprint density at radius 1 is 1.22 bits per heavy atom. The molecule has 23 heavy (non-hydrogen) atoms. The smallest absolute Gasteiger partial charge is 0.169 e. The van der Waals surface area contributed by atoms with Crippen molar-refractivity contribution in [3.63, 3.8) is 0 Å². The lowest BCUT2D eigenvalue weighted by molar-refractivity contribution is 0.534. The van der Waals surface area contributed by atoms with E-state index in [2.05, 4.69) is 15.5 Å². The summed E-state index contributed by atoms with van der Waals surface area (Å²) in [6, 6.07) is 8.16. The molecule has 2 atom stereocenters. The molecule has 1 fully saturated rings. The largest absolute Gasteiger partial charge is 0.227 e. The fourth-order valence-electron chi connectivity index (χ4n) is 3.49. The van der Waals surface area contributed by atoms with Gasteiger partial charge in [-0.1, -0.05) is 24.3 Å². The molecule has 0 amide bonds. The highest BCUT2D eigenvalue weighted by Gasteiger charge is 2.40. The molecule has 1 heterocycles. The summed E-state index contributed by atoms with van der Waals surface area (Å²) < 4.78 is 28.2. The predicted octanol–water partition coefficient (Wildman–Crippen LogP) is 2.56. The van der Waals surface area contributed by atoms with Crippen molar-refractivity contribution >= 4 is 9.84 Å². The van der Waals surface area contributed by atoms with E-state index in [9.17, 15) is 8.42 Å². The minimum Gasteiger partial charge on any atom is -0.227 e. The Labute approximate surface area is 135 Å². The first-order chi connectivity index (χ1) is 11.1. The van der Waals surface area contributed by atoms with Gasteiger partial charge >= 0.3 is 0 Å². The van der Waals surface area contributed by atoms with Crippen molar-refractivity contribution in [3.05, 3.63) is 41.2 Å². The van der Waals surface area contributed by atoms with E-state index in [1.54, 1.807) is 11.6 Å². The molecule has 1 saturated carbocycles. The van der Waals surface area contributed by atoms with Crippen molar-refractivity contribution in [2.24, 2.45) is 0 Å². The monoisotopic (exact) mass is 332 g/mol. The number of fused-ring (bicyclic) bond motifs is 1. The lowest BCUT2D eigenvalue weighted by Gasteiger charge is -2.27. The molecule has 6 nitrogen and oxygen atoms in total. The number of aromatic nitrogens is 4. The molecule has 0 bridgehead atoms. The molecule has 1 aromatic carbocycles. The molecule has 2 aromatic rings. The summed E-state index contributed by atoms with van der Waals surface area (Å²) in [5.41, 5.74) is 2.11. The summed E-state index contributed by atoms with van der Waals surface area (Å²) in [5.74, 6) is 0.482. The summed E-state index contributed by atoms with van der Waals surface area (Å²) >= 11 is 0. The maximum absolute atomic E-state index is 13.2. The molecule has 7 heteroatoms. The average Bonchev–Trinajstić information content (AvgIpc) is 3.30. The van der Waals surface area contributed by atoms with Crippen molar-refractivity contribution in [2.45, 2.75) is 55.6 Å². The zero-order chi connectivity index (χ0) is 16.0. The van der Waals surface area contributed by atoms with E-state index >= 15 is 0 Å². The molecule has 2 aliphatic rings. The quantitative estimate of drug-likeness (QED) is 0.860.